The summed E-state index contributed by atoms with van der Waals surface area (Å²) in [4.78, 5) is 24.3. The number of Topliss-reactive ketones (excluding diaryl/α,β-unsaturated/α-hetero) is 1. The number of ketones is 1. The molecule has 5 nitrogen and oxygen atoms in total. The number of hydrogen-bond acceptors (Lipinski definition) is 7. The standard InChI is InChI=1S/C21H22FN3O2S2/c1-13-14(3-2-4-17(13)22)19-15(18-11-28-12-24-18)9-25(6-7-26)10-16(19)20(27)21-23-5-8-29-21/h2-5,8,11-12,15-16,19,26H,6-7,9-10H2,1H3/t15-,16+,19-/m1/s1. The molecule has 4 rings (SSSR count). The van der Waals surface area contributed by atoms with Crippen molar-refractivity contribution < 1.29 is 14.3 Å². The SMILES string of the molecule is Cc1c(F)cccc1[C@H]1[C@@H](C(=O)c2nccs2)CN(CCO)C[C@@H]1c1cscn1. The minimum absolute atomic E-state index is 0.0195. The van der Waals surface area contributed by atoms with Crippen molar-refractivity contribution in [3.05, 3.63) is 68.3 Å². The van der Waals surface area contributed by atoms with E-state index in [-0.39, 0.29) is 30.0 Å². The zero-order chi connectivity index (χ0) is 20.4. The van der Waals surface area contributed by atoms with Crippen molar-refractivity contribution >= 4 is 28.5 Å². The number of hydrogen-bond donors (Lipinski definition) is 1. The van der Waals surface area contributed by atoms with Crippen LogP contribution in [0.2, 0.25) is 0 Å². The van der Waals surface area contributed by atoms with Gasteiger partial charge < -0.3 is 5.11 Å². The predicted octanol–water partition coefficient (Wildman–Crippen LogP) is 3.72. The van der Waals surface area contributed by atoms with E-state index < -0.39 is 5.92 Å². The molecule has 1 fully saturated rings. The van der Waals surface area contributed by atoms with Gasteiger partial charge in [0.2, 0.25) is 0 Å². The fourth-order valence-electron chi connectivity index (χ4n) is 4.31. The zero-order valence-corrected chi connectivity index (χ0v) is 17.6. The van der Waals surface area contributed by atoms with Gasteiger partial charge in [0.1, 0.15) is 5.82 Å². The molecule has 0 aliphatic carbocycles. The summed E-state index contributed by atoms with van der Waals surface area (Å²) in [7, 11) is 0. The first kappa shape index (κ1) is 20.3. The Morgan fingerprint density at radius 1 is 1.34 bits per heavy atom. The maximum Gasteiger partial charge on any atom is 0.196 e. The Morgan fingerprint density at radius 2 is 2.21 bits per heavy atom. The molecule has 0 spiro atoms. The molecule has 1 aliphatic heterocycles. The van der Waals surface area contributed by atoms with Gasteiger partial charge in [0, 0.05) is 54.3 Å². The first-order chi connectivity index (χ1) is 14.1. The van der Waals surface area contributed by atoms with Crippen LogP contribution in [0.5, 0.6) is 0 Å². The molecule has 0 unspecified atom stereocenters. The van der Waals surface area contributed by atoms with Crippen molar-refractivity contribution in [2.24, 2.45) is 5.92 Å². The normalized spacial score (nSPS) is 22.7. The summed E-state index contributed by atoms with van der Waals surface area (Å²) in [6.07, 6.45) is 1.63. The summed E-state index contributed by atoms with van der Waals surface area (Å²) in [5, 5.41) is 13.8. The number of likely N-dealkylation sites (tertiary alicyclic amines) is 1. The third-order valence-corrected chi connectivity index (χ3v) is 7.07. The number of thiazole rings is 2. The summed E-state index contributed by atoms with van der Waals surface area (Å²) in [6.45, 7) is 3.43. The second-order valence-corrected chi connectivity index (χ2v) is 8.90. The number of aromatic nitrogens is 2. The lowest BCUT2D eigenvalue weighted by Crippen LogP contribution is -2.48. The van der Waals surface area contributed by atoms with E-state index in [9.17, 15) is 14.3 Å². The van der Waals surface area contributed by atoms with Gasteiger partial charge in [-0.1, -0.05) is 12.1 Å². The number of halogens is 1. The van der Waals surface area contributed by atoms with E-state index in [2.05, 4.69) is 14.9 Å². The molecule has 0 bridgehead atoms. The first-order valence-corrected chi connectivity index (χ1v) is 11.3. The number of β-amino-alcohol motifs (C(OH)–C–C–N with tert-alkyl or cyclic N) is 1. The van der Waals surface area contributed by atoms with Crippen molar-refractivity contribution in [1.82, 2.24) is 14.9 Å². The lowest BCUT2D eigenvalue weighted by molar-refractivity contribution is 0.0697. The molecule has 29 heavy (non-hydrogen) atoms. The van der Waals surface area contributed by atoms with Crippen molar-refractivity contribution in [1.29, 1.82) is 0 Å². The van der Waals surface area contributed by atoms with Crippen LogP contribution in [0, 0.1) is 18.7 Å². The van der Waals surface area contributed by atoms with Gasteiger partial charge in [0.05, 0.1) is 17.8 Å². The predicted molar refractivity (Wildman–Crippen MR) is 112 cm³/mol. The molecule has 152 valence electrons. The highest BCUT2D eigenvalue weighted by Crippen LogP contribution is 2.45. The molecule has 2 aromatic heterocycles. The molecular weight excluding hydrogens is 409 g/mol. The van der Waals surface area contributed by atoms with Crippen LogP contribution < -0.4 is 0 Å². The summed E-state index contributed by atoms with van der Waals surface area (Å²) < 4.78 is 14.5. The van der Waals surface area contributed by atoms with Crippen molar-refractivity contribution in [2.75, 3.05) is 26.2 Å². The molecular formula is C21H22FN3O2S2. The molecule has 3 aromatic rings. The highest BCUT2D eigenvalue weighted by atomic mass is 32.1. The summed E-state index contributed by atoms with van der Waals surface area (Å²) in [5.74, 6) is -0.974. The Hall–Kier alpha value is -2.00. The number of aliphatic hydroxyl groups excluding tert-OH is 1. The van der Waals surface area contributed by atoms with E-state index in [0.29, 0.717) is 30.2 Å². The Kier molecular flexibility index (Phi) is 6.15. The van der Waals surface area contributed by atoms with Gasteiger partial charge in [0.15, 0.2) is 10.8 Å². The number of rotatable bonds is 6. The first-order valence-electron chi connectivity index (χ1n) is 9.50. The van der Waals surface area contributed by atoms with E-state index in [1.165, 1.54) is 28.7 Å². The highest BCUT2D eigenvalue weighted by molar-refractivity contribution is 7.11. The number of carbonyl (C=O) groups excluding carboxylic acids is 1. The smallest absolute Gasteiger partial charge is 0.196 e. The molecule has 3 atom stereocenters. The Morgan fingerprint density at radius 3 is 2.90 bits per heavy atom. The van der Waals surface area contributed by atoms with Crippen LogP contribution in [0.1, 0.15) is 38.5 Å². The Balaban J connectivity index is 1.83. The fraction of sp³-hybridized carbons (Fsp3) is 0.381. The largest absolute Gasteiger partial charge is 0.395 e. The molecule has 0 saturated carbocycles. The lowest BCUT2D eigenvalue weighted by Gasteiger charge is -2.43. The number of benzene rings is 1. The van der Waals surface area contributed by atoms with Crippen LogP contribution in [0.15, 0.2) is 40.7 Å². The third-order valence-electron chi connectivity index (χ3n) is 5.67. The van der Waals surface area contributed by atoms with Gasteiger partial charge in [-0.05, 0) is 24.1 Å². The summed E-state index contributed by atoms with van der Waals surface area (Å²) in [5.41, 5.74) is 4.11. The van der Waals surface area contributed by atoms with Gasteiger partial charge >= 0.3 is 0 Å². The van der Waals surface area contributed by atoms with Crippen LogP contribution in [0.3, 0.4) is 0 Å². The van der Waals surface area contributed by atoms with Gasteiger partial charge in [-0.3, -0.25) is 9.69 Å². The minimum atomic E-state index is -0.395. The van der Waals surface area contributed by atoms with Crippen molar-refractivity contribution in [3.8, 4) is 0 Å². The van der Waals surface area contributed by atoms with E-state index in [1.54, 1.807) is 30.1 Å². The summed E-state index contributed by atoms with van der Waals surface area (Å²) >= 11 is 2.84. The monoisotopic (exact) mass is 431 g/mol. The van der Waals surface area contributed by atoms with Crippen molar-refractivity contribution in [2.45, 2.75) is 18.8 Å². The number of carbonyl (C=O) groups is 1. The third kappa shape index (κ3) is 4.02. The quantitative estimate of drug-likeness (QED) is 0.603. The maximum absolute atomic E-state index is 14.5. The molecule has 1 N–H and O–H groups in total. The number of nitrogens with zero attached hydrogens (tertiary/aromatic N) is 3. The van der Waals surface area contributed by atoms with Crippen LogP contribution in [0.4, 0.5) is 4.39 Å². The minimum Gasteiger partial charge on any atom is -0.395 e. The second kappa shape index (κ2) is 8.79. The van der Waals surface area contributed by atoms with E-state index in [0.717, 1.165) is 11.3 Å². The zero-order valence-electron chi connectivity index (χ0n) is 16.0. The molecule has 8 heteroatoms. The summed E-state index contributed by atoms with van der Waals surface area (Å²) in [6, 6.07) is 5.09. The fourth-order valence-corrected chi connectivity index (χ4v) is 5.57. The Labute approximate surface area is 176 Å². The van der Waals surface area contributed by atoms with Gasteiger partial charge in [-0.25, -0.2) is 14.4 Å². The Bertz CT molecular complexity index is 962. The number of aliphatic hydroxyl groups is 1. The van der Waals surface area contributed by atoms with E-state index >= 15 is 0 Å². The van der Waals surface area contributed by atoms with Gasteiger partial charge in [-0.2, -0.15) is 0 Å². The average Bonchev–Trinajstić information content (AvgIpc) is 3.44. The molecule has 1 aliphatic rings. The highest BCUT2D eigenvalue weighted by Gasteiger charge is 2.44. The molecule has 0 amide bonds. The maximum atomic E-state index is 14.5. The lowest BCUT2D eigenvalue weighted by atomic mass is 9.70. The van der Waals surface area contributed by atoms with Crippen LogP contribution in [-0.2, 0) is 0 Å². The average molecular weight is 432 g/mol. The van der Waals surface area contributed by atoms with Crippen LogP contribution in [0.25, 0.3) is 0 Å². The van der Waals surface area contributed by atoms with E-state index in [1.807, 2.05) is 11.4 Å². The van der Waals surface area contributed by atoms with Crippen molar-refractivity contribution in [3.63, 3.8) is 0 Å². The van der Waals surface area contributed by atoms with Crippen LogP contribution >= 0.6 is 22.7 Å². The van der Waals surface area contributed by atoms with Crippen LogP contribution in [-0.4, -0.2) is 52.0 Å². The molecule has 1 aromatic carbocycles. The topological polar surface area (TPSA) is 66.3 Å². The second-order valence-electron chi connectivity index (χ2n) is 7.29. The van der Waals surface area contributed by atoms with E-state index in [4.69, 9.17) is 0 Å². The number of piperidine rings is 1. The molecule has 0 radical (unpaired) electrons. The molecule has 3 heterocycles. The van der Waals surface area contributed by atoms with Gasteiger partial charge in [-0.15, -0.1) is 22.7 Å². The molecule has 1 saturated heterocycles. The van der Waals surface area contributed by atoms with Gasteiger partial charge in [0.25, 0.3) is 0 Å².